The second-order valence-corrected chi connectivity index (χ2v) is 10.4. The highest BCUT2D eigenvalue weighted by Crippen LogP contribution is 2.25. The molecule has 0 aliphatic carbocycles. The van der Waals surface area contributed by atoms with E-state index in [0.29, 0.717) is 18.7 Å². The molecule has 0 atom stereocenters. The first-order valence-corrected chi connectivity index (χ1v) is 12.0. The average Bonchev–Trinajstić information content (AvgIpc) is 2.77. The van der Waals surface area contributed by atoms with Crippen molar-refractivity contribution in [1.29, 1.82) is 0 Å². The van der Waals surface area contributed by atoms with E-state index in [1.54, 1.807) is 42.5 Å². The van der Waals surface area contributed by atoms with Crippen LogP contribution in [0, 0.1) is 5.82 Å². The molecule has 0 saturated carbocycles. The molecule has 0 aromatic heterocycles. The highest BCUT2D eigenvalue weighted by Gasteiger charge is 2.26. The van der Waals surface area contributed by atoms with Crippen LogP contribution in [0.1, 0.15) is 44.2 Å². The first kappa shape index (κ1) is 23.2. The molecule has 1 fully saturated rings. The number of nitrogens with zero attached hydrogens (tertiary/aromatic N) is 1. The number of halogens is 1. The summed E-state index contributed by atoms with van der Waals surface area (Å²) in [6.45, 7) is 5.40. The maximum absolute atomic E-state index is 14.0. The van der Waals surface area contributed by atoms with Crippen molar-refractivity contribution in [2.75, 3.05) is 19.6 Å². The van der Waals surface area contributed by atoms with Gasteiger partial charge in [-0.25, -0.2) is 17.6 Å². The minimum Gasteiger partial charge on any atom is -0.337 e. The fourth-order valence-electron chi connectivity index (χ4n) is 3.68. The third kappa shape index (κ3) is 5.83. The molecule has 3 rings (SSSR count). The molecule has 2 aromatic rings. The van der Waals surface area contributed by atoms with E-state index in [2.05, 4.69) is 10.6 Å². The molecule has 1 aliphatic heterocycles. The van der Waals surface area contributed by atoms with Gasteiger partial charge >= 0.3 is 6.03 Å². The normalized spacial score (nSPS) is 15.5. The quantitative estimate of drug-likeness (QED) is 0.678. The van der Waals surface area contributed by atoms with Crippen LogP contribution < -0.4 is 10.6 Å². The predicted molar refractivity (Wildman–Crippen MR) is 119 cm³/mol. The number of carbonyl (C=O) groups excluding carboxylic acids is 1. The molecule has 6 nitrogen and oxygen atoms in total. The van der Waals surface area contributed by atoms with Crippen LogP contribution in [0.25, 0.3) is 0 Å². The van der Waals surface area contributed by atoms with Crippen LogP contribution in [0.15, 0.2) is 53.4 Å². The molecule has 0 radical (unpaired) electrons. The van der Waals surface area contributed by atoms with Gasteiger partial charge in [0.05, 0.1) is 4.90 Å². The number of piperidine rings is 1. The molecule has 1 aliphatic rings. The summed E-state index contributed by atoms with van der Waals surface area (Å²) in [7, 11) is -3.46. The van der Waals surface area contributed by atoms with Crippen molar-refractivity contribution in [1.82, 2.24) is 14.9 Å². The Labute approximate surface area is 183 Å². The Morgan fingerprint density at radius 3 is 2.29 bits per heavy atom. The summed E-state index contributed by atoms with van der Waals surface area (Å²) in [5.41, 5.74) is 0.773. The van der Waals surface area contributed by atoms with Gasteiger partial charge in [-0.3, -0.25) is 0 Å². The van der Waals surface area contributed by atoms with Gasteiger partial charge in [0.2, 0.25) is 10.0 Å². The highest BCUT2D eigenvalue weighted by molar-refractivity contribution is 7.89. The van der Waals surface area contributed by atoms with Crippen molar-refractivity contribution in [3.8, 4) is 0 Å². The number of benzene rings is 2. The predicted octanol–water partition coefficient (Wildman–Crippen LogP) is 3.78. The van der Waals surface area contributed by atoms with Crippen LogP contribution in [-0.2, 0) is 22.0 Å². The SMILES string of the molecule is CC(C)(CNC(=O)NCc1ccc(S(=O)(=O)N2CCCCC2)cc1)c1ccccc1F. The van der Waals surface area contributed by atoms with Gasteiger partial charge in [-0.15, -0.1) is 0 Å². The Hall–Kier alpha value is -2.45. The third-order valence-corrected chi connectivity index (χ3v) is 7.54. The summed E-state index contributed by atoms with van der Waals surface area (Å²) in [6.07, 6.45) is 2.85. The van der Waals surface area contributed by atoms with E-state index in [1.807, 2.05) is 13.8 Å². The van der Waals surface area contributed by atoms with E-state index < -0.39 is 15.4 Å². The van der Waals surface area contributed by atoms with Crippen molar-refractivity contribution in [3.05, 3.63) is 65.5 Å². The van der Waals surface area contributed by atoms with Gasteiger partial charge in [0.15, 0.2) is 0 Å². The second-order valence-electron chi connectivity index (χ2n) is 8.51. The van der Waals surface area contributed by atoms with Crippen molar-refractivity contribution in [2.45, 2.75) is 50.0 Å². The number of nitrogens with one attached hydrogen (secondary N) is 2. The van der Waals surface area contributed by atoms with Gasteiger partial charge in [-0.05, 0) is 42.2 Å². The highest BCUT2D eigenvalue weighted by atomic mass is 32.2. The van der Waals surface area contributed by atoms with Crippen LogP contribution >= 0.6 is 0 Å². The largest absolute Gasteiger partial charge is 0.337 e. The minimum absolute atomic E-state index is 0.260. The van der Waals surface area contributed by atoms with E-state index in [4.69, 9.17) is 0 Å². The van der Waals surface area contributed by atoms with Crippen molar-refractivity contribution in [3.63, 3.8) is 0 Å². The number of amides is 2. The van der Waals surface area contributed by atoms with E-state index in [-0.39, 0.29) is 29.8 Å². The number of sulfonamides is 1. The molecule has 31 heavy (non-hydrogen) atoms. The monoisotopic (exact) mass is 447 g/mol. The molecular weight excluding hydrogens is 417 g/mol. The summed E-state index contributed by atoms with van der Waals surface area (Å²) in [5.74, 6) is -0.297. The van der Waals surface area contributed by atoms with E-state index in [9.17, 15) is 17.6 Å². The van der Waals surface area contributed by atoms with E-state index >= 15 is 0 Å². The lowest BCUT2D eigenvalue weighted by Gasteiger charge is -2.26. The fraction of sp³-hybridized carbons (Fsp3) is 0.435. The van der Waals surface area contributed by atoms with Crippen LogP contribution in [-0.4, -0.2) is 38.4 Å². The molecule has 8 heteroatoms. The van der Waals surface area contributed by atoms with Crippen LogP contribution in [0.2, 0.25) is 0 Å². The zero-order chi connectivity index (χ0) is 22.5. The van der Waals surface area contributed by atoms with Gasteiger partial charge < -0.3 is 10.6 Å². The number of urea groups is 1. The lowest BCUT2D eigenvalue weighted by atomic mass is 9.84. The molecule has 2 aromatic carbocycles. The summed E-state index contributed by atoms with van der Waals surface area (Å²) in [6, 6.07) is 12.8. The maximum Gasteiger partial charge on any atom is 0.315 e. The van der Waals surface area contributed by atoms with Crippen molar-refractivity contribution in [2.24, 2.45) is 0 Å². The first-order valence-electron chi connectivity index (χ1n) is 10.6. The molecule has 1 heterocycles. The lowest BCUT2D eigenvalue weighted by molar-refractivity contribution is 0.238. The molecule has 0 unspecified atom stereocenters. The Balaban J connectivity index is 1.52. The van der Waals surface area contributed by atoms with E-state index in [0.717, 1.165) is 24.8 Å². The third-order valence-electron chi connectivity index (χ3n) is 5.62. The number of rotatable bonds is 7. The Kier molecular flexibility index (Phi) is 7.33. The average molecular weight is 448 g/mol. The smallest absolute Gasteiger partial charge is 0.315 e. The maximum atomic E-state index is 14.0. The molecular formula is C23H30FN3O3S. The number of hydrogen-bond acceptors (Lipinski definition) is 3. The molecule has 0 bridgehead atoms. The lowest BCUT2D eigenvalue weighted by Crippen LogP contribution is -2.42. The number of carbonyl (C=O) groups is 1. The van der Waals surface area contributed by atoms with Gasteiger partial charge in [-0.2, -0.15) is 4.31 Å². The zero-order valence-corrected chi connectivity index (χ0v) is 18.8. The fourth-order valence-corrected chi connectivity index (χ4v) is 5.20. The number of hydrogen-bond donors (Lipinski definition) is 2. The van der Waals surface area contributed by atoms with Gasteiger partial charge in [0.1, 0.15) is 5.82 Å². The van der Waals surface area contributed by atoms with Crippen LogP contribution in [0.4, 0.5) is 9.18 Å². The van der Waals surface area contributed by atoms with Gasteiger partial charge in [0.25, 0.3) is 0 Å². The van der Waals surface area contributed by atoms with E-state index in [1.165, 1.54) is 10.4 Å². The first-order chi connectivity index (χ1) is 14.7. The summed E-state index contributed by atoms with van der Waals surface area (Å²) < 4.78 is 41.0. The molecule has 0 spiro atoms. The summed E-state index contributed by atoms with van der Waals surface area (Å²) in [4.78, 5) is 12.5. The van der Waals surface area contributed by atoms with Gasteiger partial charge in [0, 0.05) is 31.6 Å². The second kappa shape index (κ2) is 9.78. The Morgan fingerprint density at radius 1 is 1.00 bits per heavy atom. The van der Waals surface area contributed by atoms with Crippen molar-refractivity contribution >= 4 is 16.1 Å². The van der Waals surface area contributed by atoms with Crippen LogP contribution in [0.5, 0.6) is 0 Å². The Bertz CT molecular complexity index is 1000. The molecule has 1 saturated heterocycles. The van der Waals surface area contributed by atoms with Crippen LogP contribution in [0.3, 0.4) is 0 Å². The zero-order valence-electron chi connectivity index (χ0n) is 18.0. The Morgan fingerprint density at radius 2 is 1.65 bits per heavy atom. The molecule has 2 N–H and O–H groups in total. The minimum atomic E-state index is -3.46. The summed E-state index contributed by atoms with van der Waals surface area (Å²) >= 11 is 0. The molecule has 2 amide bonds. The van der Waals surface area contributed by atoms with Crippen molar-refractivity contribution < 1.29 is 17.6 Å². The topological polar surface area (TPSA) is 78.5 Å². The van der Waals surface area contributed by atoms with Gasteiger partial charge in [-0.1, -0.05) is 50.6 Å². The summed E-state index contributed by atoms with van der Waals surface area (Å²) in [5, 5.41) is 5.53. The standard InChI is InChI=1S/C23H30FN3O3S/c1-23(2,20-8-4-5-9-21(20)24)17-26-22(28)25-16-18-10-12-19(13-11-18)31(29,30)27-14-6-3-7-15-27/h4-5,8-13H,3,6-7,14-17H2,1-2H3,(H2,25,26,28). The molecule has 168 valence electrons.